The molecule has 23 heavy (non-hydrogen) atoms. The molecule has 1 saturated carbocycles. The van der Waals surface area contributed by atoms with Gasteiger partial charge < -0.3 is 15.4 Å². The number of nitrogens with one attached hydrogen (secondary N) is 2. The van der Waals surface area contributed by atoms with E-state index in [4.69, 9.17) is 0 Å². The van der Waals surface area contributed by atoms with E-state index in [1.54, 1.807) is 0 Å². The van der Waals surface area contributed by atoms with Crippen LogP contribution < -0.4 is 10.7 Å². The molecular formula is C18H20N2O3. The van der Waals surface area contributed by atoms with Gasteiger partial charge in [0.05, 0.1) is 6.61 Å². The number of hydrogen-bond donors (Lipinski definition) is 3. The first-order valence-electron chi connectivity index (χ1n) is 7.75. The third kappa shape index (κ3) is 3.35. The van der Waals surface area contributed by atoms with E-state index in [-0.39, 0.29) is 29.1 Å². The molecule has 0 saturated heterocycles. The molecule has 3 N–H and O–H groups in total. The van der Waals surface area contributed by atoms with Gasteiger partial charge in [0.15, 0.2) is 5.43 Å². The Bertz CT molecular complexity index is 733. The first-order valence-corrected chi connectivity index (χ1v) is 7.75. The molecule has 1 fully saturated rings. The largest absolute Gasteiger partial charge is 0.396 e. The second-order valence-corrected chi connectivity index (χ2v) is 6.29. The Morgan fingerprint density at radius 3 is 2.65 bits per heavy atom. The Balaban J connectivity index is 1.59. The van der Waals surface area contributed by atoms with Gasteiger partial charge in [0.2, 0.25) is 0 Å². The van der Waals surface area contributed by atoms with Crippen LogP contribution in [-0.4, -0.2) is 29.1 Å². The Morgan fingerprint density at radius 1 is 1.26 bits per heavy atom. The van der Waals surface area contributed by atoms with Crippen molar-refractivity contribution < 1.29 is 9.90 Å². The maximum Gasteiger partial charge on any atom is 0.267 e. The van der Waals surface area contributed by atoms with E-state index in [0.29, 0.717) is 12.5 Å². The van der Waals surface area contributed by atoms with Gasteiger partial charge in [0.25, 0.3) is 5.91 Å². The Labute approximate surface area is 134 Å². The second-order valence-electron chi connectivity index (χ2n) is 6.29. The standard InChI is InChI=1S/C18H20N2O3/c21-12-18(9-14(10-18)13-4-2-1-3-5-13)11-20-17(23)16-8-15(22)6-7-19-16/h1-8,14,21H,9-12H2,(H,19,22)(H,20,23). The molecule has 1 aromatic carbocycles. The summed E-state index contributed by atoms with van der Waals surface area (Å²) in [6.07, 6.45) is 3.14. The molecule has 2 aromatic rings. The smallest absolute Gasteiger partial charge is 0.267 e. The lowest BCUT2D eigenvalue weighted by Crippen LogP contribution is -2.48. The highest BCUT2D eigenvalue weighted by atomic mass is 16.3. The number of carbonyl (C=O) groups excluding carboxylic acids is 1. The number of benzene rings is 1. The SMILES string of the molecule is O=C(NCC1(CO)CC(c2ccccc2)C1)c1cc(=O)cc[nH]1. The molecule has 0 bridgehead atoms. The normalized spacial score (nSPS) is 23.1. The maximum absolute atomic E-state index is 12.1. The molecule has 1 aliphatic carbocycles. The summed E-state index contributed by atoms with van der Waals surface area (Å²) in [4.78, 5) is 26.1. The van der Waals surface area contributed by atoms with Crippen LogP contribution >= 0.6 is 0 Å². The highest BCUT2D eigenvalue weighted by molar-refractivity contribution is 5.92. The summed E-state index contributed by atoms with van der Waals surface area (Å²) in [5, 5.41) is 12.5. The first kappa shape index (κ1) is 15.5. The van der Waals surface area contributed by atoms with Crippen LogP contribution in [0.4, 0.5) is 0 Å². The number of aromatic amines is 1. The molecule has 5 nitrogen and oxygen atoms in total. The predicted octanol–water partition coefficient (Wildman–Crippen LogP) is 1.66. The van der Waals surface area contributed by atoms with Crippen LogP contribution in [0.2, 0.25) is 0 Å². The van der Waals surface area contributed by atoms with Gasteiger partial charge >= 0.3 is 0 Å². The average Bonchev–Trinajstić information content (AvgIpc) is 2.55. The third-order valence-corrected chi connectivity index (χ3v) is 4.61. The lowest BCUT2D eigenvalue weighted by molar-refractivity contribution is 0.0251. The monoisotopic (exact) mass is 312 g/mol. The molecule has 0 radical (unpaired) electrons. The number of H-pyrrole nitrogens is 1. The van der Waals surface area contributed by atoms with Gasteiger partial charge in [0, 0.05) is 30.3 Å². The van der Waals surface area contributed by atoms with E-state index >= 15 is 0 Å². The minimum atomic E-state index is -0.321. The Kier molecular flexibility index (Phi) is 4.30. The highest BCUT2D eigenvalue weighted by Gasteiger charge is 2.44. The minimum absolute atomic E-state index is 0.0436. The molecule has 1 amide bonds. The van der Waals surface area contributed by atoms with E-state index < -0.39 is 0 Å². The van der Waals surface area contributed by atoms with Gasteiger partial charge in [-0.2, -0.15) is 0 Å². The predicted molar refractivity (Wildman–Crippen MR) is 87.3 cm³/mol. The number of aromatic nitrogens is 1. The number of pyridine rings is 1. The summed E-state index contributed by atoms with van der Waals surface area (Å²) in [5.74, 6) is 0.107. The Morgan fingerprint density at radius 2 is 2.00 bits per heavy atom. The van der Waals surface area contributed by atoms with Crippen LogP contribution in [0.1, 0.15) is 34.8 Å². The number of hydrogen-bond acceptors (Lipinski definition) is 3. The number of aliphatic hydroxyl groups excluding tert-OH is 1. The van der Waals surface area contributed by atoms with Crippen LogP contribution in [0.3, 0.4) is 0 Å². The number of carbonyl (C=O) groups is 1. The zero-order chi connectivity index (χ0) is 16.3. The van der Waals surface area contributed by atoms with Gasteiger partial charge in [-0.25, -0.2) is 0 Å². The number of amides is 1. The first-order chi connectivity index (χ1) is 11.1. The minimum Gasteiger partial charge on any atom is -0.396 e. The number of rotatable bonds is 5. The van der Waals surface area contributed by atoms with Gasteiger partial charge in [-0.15, -0.1) is 0 Å². The molecule has 0 atom stereocenters. The molecule has 5 heteroatoms. The van der Waals surface area contributed by atoms with Crippen molar-refractivity contribution >= 4 is 5.91 Å². The van der Waals surface area contributed by atoms with Gasteiger partial charge in [-0.05, 0) is 24.3 Å². The van der Waals surface area contributed by atoms with E-state index in [1.165, 1.54) is 23.9 Å². The average molecular weight is 312 g/mol. The topological polar surface area (TPSA) is 82.2 Å². The van der Waals surface area contributed by atoms with E-state index in [0.717, 1.165) is 12.8 Å². The summed E-state index contributed by atoms with van der Waals surface area (Å²) in [6, 6.07) is 12.8. The molecule has 1 heterocycles. The van der Waals surface area contributed by atoms with Crippen molar-refractivity contribution in [2.45, 2.75) is 18.8 Å². The van der Waals surface area contributed by atoms with Gasteiger partial charge in [0.1, 0.15) is 5.69 Å². The van der Waals surface area contributed by atoms with Crippen molar-refractivity contribution in [3.8, 4) is 0 Å². The van der Waals surface area contributed by atoms with Crippen molar-refractivity contribution in [3.05, 3.63) is 70.1 Å². The Hall–Kier alpha value is -2.40. The van der Waals surface area contributed by atoms with Crippen LogP contribution in [-0.2, 0) is 0 Å². The fourth-order valence-electron chi connectivity index (χ4n) is 3.22. The van der Waals surface area contributed by atoms with Crippen molar-refractivity contribution in [2.75, 3.05) is 13.2 Å². The van der Waals surface area contributed by atoms with Crippen molar-refractivity contribution in [1.82, 2.24) is 10.3 Å². The fourth-order valence-corrected chi connectivity index (χ4v) is 3.22. The molecule has 0 spiro atoms. The number of aliphatic hydroxyl groups is 1. The van der Waals surface area contributed by atoms with Crippen molar-refractivity contribution in [2.24, 2.45) is 5.41 Å². The molecule has 0 unspecified atom stereocenters. The summed E-state index contributed by atoms with van der Waals surface area (Å²) in [6.45, 7) is 0.449. The van der Waals surface area contributed by atoms with Crippen LogP contribution in [0.15, 0.2) is 53.5 Å². The summed E-state index contributed by atoms with van der Waals surface area (Å²) < 4.78 is 0. The van der Waals surface area contributed by atoms with Crippen LogP contribution in [0.25, 0.3) is 0 Å². The molecular weight excluding hydrogens is 292 g/mol. The molecule has 0 aliphatic heterocycles. The third-order valence-electron chi connectivity index (χ3n) is 4.61. The summed E-state index contributed by atoms with van der Waals surface area (Å²) in [5.41, 5.74) is 1.03. The van der Waals surface area contributed by atoms with Crippen LogP contribution in [0, 0.1) is 5.41 Å². The van der Waals surface area contributed by atoms with Gasteiger partial charge in [-0.1, -0.05) is 30.3 Å². The molecule has 1 aliphatic rings. The lowest BCUT2D eigenvalue weighted by Gasteiger charge is -2.47. The quantitative estimate of drug-likeness (QED) is 0.785. The zero-order valence-electron chi connectivity index (χ0n) is 12.8. The van der Waals surface area contributed by atoms with Crippen molar-refractivity contribution in [3.63, 3.8) is 0 Å². The highest BCUT2D eigenvalue weighted by Crippen LogP contribution is 2.50. The van der Waals surface area contributed by atoms with Crippen molar-refractivity contribution in [1.29, 1.82) is 0 Å². The molecule has 120 valence electrons. The lowest BCUT2D eigenvalue weighted by atomic mass is 9.60. The van der Waals surface area contributed by atoms with E-state index in [1.807, 2.05) is 18.2 Å². The fraction of sp³-hybridized carbons (Fsp3) is 0.333. The summed E-state index contributed by atoms with van der Waals surface area (Å²) >= 11 is 0. The second kappa shape index (κ2) is 6.38. The van der Waals surface area contributed by atoms with Crippen LogP contribution in [0.5, 0.6) is 0 Å². The van der Waals surface area contributed by atoms with E-state index in [9.17, 15) is 14.7 Å². The maximum atomic E-state index is 12.1. The molecule has 3 rings (SSSR count). The van der Waals surface area contributed by atoms with Gasteiger partial charge in [-0.3, -0.25) is 9.59 Å². The zero-order valence-corrected chi connectivity index (χ0v) is 12.8. The summed E-state index contributed by atoms with van der Waals surface area (Å²) in [7, 11) is 0. The molecule has 1 aromatic heterocycles. The van der Waals surface area contributed by atoms with E-state index in [2.05, 4.69) is 22.4 Å².